The molecule has 0 atom stereocenters. The molecule has 0 saturated heterocycles. The van der Waals surface area contributed by atoms with Crippen molar-refractivity contribution < 1.29 is 17.6 Å². The maximum atomic E-state index is 14.4. The number of anilines is 1. The van der Waals surface area contributed by atoms with E-state index in [1.54, 1.807) is 0 Å². The van der Waals surface area contributed by atoms with Crippen LogP contribution in [0.4, 0.5) is 10.1 Å². The number of benzene rings is 2. The summed E-state index contributed by atoms with van der Waals surface area (Å²) < 4.78 is 37.1. The lowest BCUT2D eigenvalue weighted by Gasteiger charge is -2.19. The van der Waals surface area contributed by atoms with Gasteiger partial charge in [0.15, 0.2) is 0 Å². The first-order valence-corrected chi connectivity index (χ1v) is 9.66. The standard InChI is InChI=1S/C18H15FN4O3S/c1-10-2-5-13-15(6-10)21-22-16-8-17(24)23(18(13)16)9-11-3-4-12(7-14(11)19)27(20,25)26/h2-7H,8-9H2,1H3,(H2,20,25,26). The number of aryl methyl sites for hydroxylation is 1. The monoisotopic (exact) mass is 386 g/mol. The molecule has 27 heavy (non-hydrogen) atoms. The SMILES string of the molecule is Cc1ccc2c3c(nnc2c1)CC(=O)N3Cc1ccc(S(N)(=O)=O)cc1F. The zero-order valence-electron chi connectivity index (χ0n) is 14.3. The Bertz CT molecular complexity index is 1210. The molecule has 2 heterocycles. The van der Waals surface area contributed by atoms with Crippen molar-refractivity contribution in [3.63, 3.8) is 0 Å². The van der Waals surface area contributed by atoms with Gasteiger partial charge in [0.05, 0.1) is 34.8 Å². The van der Waals surface area contributed by atoms with Crippen LogP contribution in [0.1, 0.15) is 16.8 Å². The van der Waals surface area contributed by atoms with Gasteiger partial charge >= 0.3 is 0 Å². The molecule has 2 N–H and O–H groups in total. The van der Waals surface area contributed by atoms with Crippen LogP contribution >= 0.6 is 0 Å². The third-order valence-electron chi connectivity index (χ3n) is 4.53. The first kappa shape index (κ1) is 17.5. The molecule has 9 heteroatoms. The van der Waals surface area contributed by atoms with Crippen LogP contribution in [0.25, 0.3) is 10.9 Å². The fourth-order valence-corrected chi connectivity index (χ4v) is 3.72. The Hall–Kier alpha value is -2.91. The fraction of sp³-hybridized carbons (Fsp3) is 0.167. The number of fused-ring (bicyclic) bond motifs is 3. The number of hydrogen-bond acceptors (Lipinski definition) is 5. The van der Waals surface area contributed by atoms with Gasteiger partial charge in [0.25, 0.3) is 0 Å². The van der Waals surface area contributed by atoms with Gasteiger partial charge in [-0.15, -0.1) is 0 Å². The summed E-state index contributed by atoms with van der Waals surface area (Å²) in [4.78, 5) is 13.6. The second-order valence-electron chi connectivity index (χ2n) is 6.47. The predicted molar refractivity (Wildman–Crippen MR) is 96.9 cm³/mol. The number of sulfonamides is 1. The number of primary sulfonamides is 1. The van der Waals surface area contributed by atoms with Crippen LogP contribution in [0, 0.1) is 12.7 Å². The molecular formula is C18H15FN4O3S. The van der Waals surface area contributed by atoms with E-state index in [0.717, 1.165) is 17.0 Å². The molecule has 0 spiro atoms. The van der Waals surface area contributed by atoms with Gasteiger partial charge in [-0.3, -0.25) is 4.79 Å². The molecule has 138 valence electrons. The van der Waals surface area contributed by atoms with Gasteiger partial charge in [-0.2, -0.15) is 10.2 Å². The normalized spacial score (nSPS) is 14.0. The average molecular weight is 386 g/mol. The lowest BCUT2D eigenvalue weighted by molar-refractivity contribution is -0.117. The quantitative estimate of drug-likeness (QED) is 0.739. The van der Waals surface area contributed by atoms with Crippen molar-refractivity contribution in [1.82, 2.24) is 10.2 Å². The average Bonchev–Trinajstić information content (AvgIpc) is 2.91. The van der Waals surface area contributed by atoms with E-state index in [-0.39, 0.29) is 29.3 Å². The molecular weight excluding hydrogens is 371 g/mol. The Morgan fingerprint density at radius 3 is 2.67 bits per heavy atom. The van der Waals surface area contributed by atoms with Crippen LogP contribution in [-0.2, 0) is 27.8 Å². The number of halogens is 1. The molecule has 1 aromatic heterocycles. The number of rotatable bonds is 3. The van der Waals surface area contributed by atoms with Gasteiger partial charge in [-0.1, -0.05) is 18.2 Å². The number of carbonyl (C=O) groups excluding carboxylic acids is 1. The van der Waals surface area contributed by atoms with Crippen LogP contribution in [0.15, 0.2) is 41.3 Å². The summed E-state index contributed by atoms with van der Waals surface area (Å²) in [7, 11) is -4.00. The summed E-state index contributed by atoms with van der Waals surface area (Å²) in [6.45, 7) is 1.89. The largest absolute Gasteiger partial charge is 0.305 e. The van der Waals surface area contributed by atoms with Gasteiger partial charge < -0.3 is 4.90 Å². The maximum Gasteiger partial charge on any atom is 0.238 e. The van der Waals surface area contributed by atoms with E-state index in [9.17, 15) is 17.6 Å². The van der Waals surface area contributed by atoms with Crippen LogP contribution in [0.2, 0.25) is 0 Å². The Morgan fingerprint density at radius 2 is 1.96 bits per heavy atom. The summed E-state index contributed by atoms with van der Waals surface area (Å²) in [5, 5.41) is 14.1. The van der Waals surface area contributed by atoms with Crippen LogP contribution < -0.4 is 10.0 Å². The Kier molecular flexibility index (Phi) is 3.93. The Balaban J connectivity index is 1.78. The third-order valence-corrected chi connectivity index (χ3v) is 5.44. The molecule has 0 saturated carbocycles. The molecule has 0 radical (unpaired) electrons. The van der Waals surface area contributed by atoms with E-state index in [0.29, 0.717) is 16.9 Å². The minimum Gasteiger partial charge on any atom is -0.305 e. The molecule has 3 aromatic rings. The van der Waals surface area contributed by atoms with Crippen LogP contribution in [0.3, 0.4) is 0 Å². The predicted octanol–water partition coefficient (Wildman–Crippen LogP) is 1.81. The topological polar surface area (TPSA) is 106 Å². The van der Waals surface area contributed by atoms with E-state index in [2.05, 4.69) is 10.2 Å². The van der Waals surface area contributed by atoms with Gasteiger partial charge in [-0.05, 0) is 30.7 Å². The summed E-state index contributed by atoms with van der Waals surface area (Å²) >= 11 is 0. The second kappa shape index (κ2) is 6.07. The van der Waals surface area contributed by atoms with Gasteiger partial charge in [-0.25, -0.2) is 17.9 Å². The number of nitrogens with zero attached hydrogens (tertiary/aromatic N) is 3. The van der Waals surface area contributed by atoms with Crippen LogP contribution in [0.5, 0.6) is 0 Å². The molecule has 1 aliphatic heterocycles. The molecule has 2 aromatic carbocycles. The number of aromatic nitrogens is 2. The van der Waals surface area contributed by atoms with E-state index in [1.165, 1.54) is 17.0 Å². The van der Waals surface area contributed by atoms with Crippen molar-refractivity contribution in [2.75, 3.05) is 4.90 Å². The molecule has 0 aliphatic carbocycles. The van der Waals surface area contributed by atoms with Gasteiger partial charge in [0, 0.05) is 10.9 Å². The smallest absolute Gasteiger partial charge is 0.238 e. The number of amides is 1. The van der Waals surface area contributed by atoms with E-state index in [1.807, 2.05) is 25.1 Å². The Labute approximate surface area is 154 Å². The molecule has 7 nitrogen and oxygen atoms in total. The highest BCUT2D eigenvalue weighted by Crippen LogP contribution is 2.35. The summed E-state index contributed by atoms with van der Waals surface area (Å²) in [5.74, 6) is -0.966. The van der Waals surface area contributed by atoms with E-state index >= 15 is 0 Å². The molecule has 1 aliphatic rings. The lowest BCUT2D eigenvalue weighted by atomic mass is 10.1. The van der Waals surface area contributed by atoms with Crippen molar-refractivity contribution in [2.24, 2.45) is 5.14 Å². The van der Waals surface area contributed by atoms with Crippen LogP contribution in [-0.4, -0.2) is 24.5 Å². The molecule has 1 amide bonds. The van der Waals surface area contributed by atoms with Gasteiger partial charge in [0.2, 0.25) is 15.9 Å². The zero-order valence-corrected chi connectivity index (χ0v) is 15.1. The highest BCUT2D eigenvalue weighted by molar-refractivity contribution is 7.89. The molecule has 0 unspecified atom stereocenters. The maximum absolute atomic E-state index is 14.4. The summed E-state index contributed by atoms with van der Waals surface area (Å²) in [5.41, 5.74) is 2.99. The number of carbonyl (C=O) groups is 1. The fourth-order valence-electron chi connectivity index (χ4n) is 3.20. The van der Waals surface area contributed by atoms with Crippen molar-refractivity contribution in [2.45, 2.75) is 24.8 Å². The van der Waals surface area contributed by atoms with Crippen molar-refractivity contribution in [3.8, 4) is 0 Å². The lowest BCUT2D eigenvalue weighted by Crippen LogP contribution is -2.26. The first-order valence-electron chi connectivity index (χ1n) is 8.11. The minimum absolute atomic E-state index is 0.0444. The highest BCUT2D eigenvalue weighted by Gasteiger charge is 2.31. The Morgan fingerprint density at radius 1 is 1.19 bits per heavy atom. The molecule has 0 fully saturated rings. The number of nitrogens with two attached hydrogens (primary N) is 1. The van der Waals surface area contributed by atoms with Gasteiger partial charge in [0.1, 0.15) is 5.82 Å². The van der Waals surface area contributed by atoms with Crippen molar-refractivity contribution in [3.05, 3.63) is 59.0 Å². The van der Waals surface area contributed by atoms with Crippen molar-refractivity contribution >= 4 is 32.5 Å². The van der Waals surface area contributed by atoms with Crippen molar-refractivity contribution in [1.29, 1.82) is 0 Å². The summed E-state index contributed by atoms with van der Waals surface area (Å²) in [6.07, 6.45) is 0.0863. The zero-order chi connectivity index (χ0) is 19.3. The summed E-state index contributed by atoms with van der Waals surface area (Å²) in [6, 6.07) is 9.04. The second-order valence-corrected chi connectivity index (χ2v) is 8.03. The van der Waals surface area contributed by atoms with E-state index in [4.69, 9.17) is 5.14 Å². The molecule has 4 rings (SSSR count). The minimum atomic E-state index is -4.00. The third kappa shape index (κ3) is 3.04. The number of hydrogen-bond donors (Lipinski definition) is 1. The first-order chi connectivity index (χ1) is 12.7. The van der Waals surface area contributed by atoms with E-state index < -0.39 is 15.8 Å². The molecule has 0 bridgehead atoms. The highest BCUT2D eigenvalue weighted by atomic mass is 32.2.